The van der Waals surface area contributed by atoms with Gasteiger partial charge in [0.05, 0.1) is 13.1 Å². The summed E-state index contributed by atoms with van der Waals surface area (Å²) < 4.78 is 12.2. The average molecular weight is 357 g/mol. The van der Waals surface area contributed by atoms with E-state index in [0.717, 1.165) is 61.8 Å². The fourth-order valence-corrected chi connectivity index (χ4v) is 3.78. The summed E-state index contributed by atoms with van der Waals surface area (Å²) in [6.45, 7) is 3.51. The van der Waals surface area contributed by atoms with Gasteiger partial charge in [0, 0.05) is 30.9 Å². The zero-order valence-corrected chi connectivity index (χ0v) is 15.3. The van der Waals surface area contributed by atoms with Gasteiger partial charge >= 0.3 is 0 Å². The van der Waals surface area contributed by atoms with E-state index in [0.29, 0.717) is 18.8 Å². The molecule has 0 spiro atoms. The van der Waals surface area contributed by atoms with Crippen LogP contribution in [0.25, 0.3) is 10.8 Å². The van der Waals surface area contributed by atoms with E-state index in [1.807, 2.05) is 30.5 Å². The monoisotopic (exact) mass is 357 g/mol. The maximum Gasteiger partial charge on any atom is 0.224 e. The second-order valence-corrected chi connectivity index (χ2v) is 7.16. The molecule has 4 nitrogen and oxygen atoms in total. The third-order valence-electron chi connectivity index (χ3n) is 5.31. The van der Waals surface area contributed by atoms with Gasteiger partial charge in [0.15, 0.2) is 0 Å². The van der Waals surface area contributed by atoms with Gasteiger partial charge in [-0.25, -0.2) is 0 Å². The van der Waals surface area contributed by atoms with Crippen LogP contribution in [0.4, 0.5) is 4.39 Å². The van der Waals surface area contributed by atoms with E-state index in [1.54, 1.807) is 6.20 Å². The molecule has 1 N–H and O–H groups in total. The molecule has 0 radical (unpaired) electrons. The second kappa shape index (κ2) is 9.62. The van der Waals surface area contributed by atoms with Crippen LogP contribution >= 0.6 is 0 Å². The lowest BCUT2D eigenvalue weighted by molar-refractivity contribution is -0.120. The lowest BCUT2D eigenvalue weighted by Crippen LogP contribution is -2.36. The number of hydrogen-bond donors (Lipinski definition) is 1. The van der Waals surface area contributed by atoms with E-state index >= 15 is 0 Å². The first-order chi connectivity index (χ1) is 12.8. The van der Waals surface area contributed by atoms with Gasteiger partial charge in [0.2, 0.25) is 5.91 Å². The van der Waals surface area contributed by atoms with E-state index in [4.69, 9.17) is 0 Å². The molecule has 3 rings (SSSR count). The van der Waals surface area contributed by atoms with Crippen LogP contribution in [0, 0.1) is 5.92 Å². The van der Waals surface area contributed by atoms with E-state index in [9.17, 15) is 9.18 Å². The molecule has 1 amide bonds. The Kier molecular flexibility index (Phi) is 6.95. The van der Waals surface area contributed by atoms with Gasteiger partial charge in [-0.3, -0.25) is 14.2 Å². The smallest absolute Gasteiger partial charge is 0.224 e. The molecule has 0 bridgehead atoms. The van der Waals surface area contributed by atoms with Gasteiger partial charge in [-0.1, -0.05) is 18.2 Å². The number of carbonyl (C=O) groups excluding carboxylic acids is 1. The Morgan fingerprint density at radius 1 is 1.27 bits per heavy atom. The zero-order valence-electron chi connectivity index (χ0n) is 15.3. The fraction of sp³-hybridized carbons (Fsp3) is 0.524. The predicted octanol–water partition coefficient (Wildman–Crippen LogP) is 3.36. The molecule has 2 heterocycles. The number of rotatable bonds is 8. The van der Waals surface area contributed by atoms with Crippen LogP contribution in [0.5, 0.6) is 0 Å². The van der Waals surface area contributed by atoms with Crippen molar-refractivity contribution in [1.29, 1.82) is 0 Å². The van der Waals surface area contributed by atoms with E-state index in [-0.39, 0.29) is 12.6 Å². The molecular formula is C21H28FN3O. The fourth-order valence-electron chi connectivity index (χ4n) is 3.78. The molecule has 26 heavy (non-hydrogen) atoms. The van der Waals surface area contributed by atoms with Crippen molar-refractivity contribution in [2.45, 2.75) is 32.1 Å². The number of halogens is 1. The van der Waals surface area contributed by atoms with Gasteiger partial charge < -0.3 is 10.2 Å². The molecule has 1 aliphatic rings. The van der Waals surface area contributed by atoms with Crippen molar-refractivity contribution < 1.29 is 9.18 Å². The quantitative estimate of drug-likeness (QED) is 0.788. The van der Waals surface area contributed by atoms with Crippen LogP contribution in [-0.2, 0) is 11.2 Å². The van der Waals surface area contributed by atoms with Gasteiger partial charge in [0.25, 0.3) is 0 Å². The first kappa shape index (κ1) is 18.8. The van der Waals surface area contributed by atoms with Crippen LogP contribution in [0.1, 0.15) is 31.2 Å². The minimum Gasteiger partial charge on any atom is -0.356 e. The van der Waals surface area contributed by atoms with Crippen molar-refractivity contribution in [2.24, 2.45) is 5.92 Å². The van der Waals surface area contributed by atoms with Crippen LogP contribution < -0.4 is 5.32 Å². The number of amides is 1. The van der Waals surface area contributed by atoms with Crippen LogP contribution in [0.3, 0.4) is 0 Å². The summed E-state index contributed by atoms with van der Waals surface area (Å²) in [5.74, 6) is 0.746. The summed E-state index contributed by atoms with van der Waals surface area (Å²) >= 11 is 0. The van der Waals surface area contributed by atoms with E-state index in [1.165, 1.54) is 0 Å². The van der Waals surface area contributed by atoms with Crippen LogP contribution in [0.15, 0.2) is 36.7 Å². The average Bonchev–Trinajstić information content (AvgIpc) is 2.68. The number of carbonyl (C=O) groups is 1. The minimum absolute atomic E-state index is 0.0784. The van der Waals surface area contributed by atoms with E-state index < -0.39 is 0 Å². The molecule has 1 aromatic carbocycles. The molecule has 0 aliphatic carbocycles. The number of likely N-dealkylation sites (tertiary alicyclic amines) is 1. The lowest BCUT2D eigenvalue weighted by Gasteiger charge is -2.31. The Balaban J connectivity index is 1.40. The highest BCUT2D eigenvalue weighted by Gasteiger charge is 2.18. The summed E-state index contributed by atoms with van der Waals surface area (Å²) in [6, 6.07) is 7.97. The number of aromatic nitrogens is 1. The zero-order chi connectivity index (χ0) is 18.2. The second-order valence-electron chi connectivity index (χ2n) is 7.16. The molecule has 2 aromatic rings. The van der Waals surface area contributed by atoms with Crippen molar-refractivity contribution in [1.82, 2.24) is 15.2 Å². The largest absolute Gasteiger partial charge is 0.356 e. The van der Waals surface area contributed by atoms with Gasteiger partial charge in [-0.2, -0.15) is 0 Å². The summed E-state index contributed by atoms with van der Waals surface area (Å²) in [5.41, 5.74) is 1.04. The Bertz CT molecular complexity index is 708. The molecule has 5 heteroatoms. The molecular weight excluding hydrogens is 329 g/mol. The minimum atomic E-state index is -0.223. The third-order valence-corrected chi connectivity index (χ3v) is 5.31. The van der Waals surface area contributed by atoms with Crippen molar-refractivity contribution in [3.8, 4) is 0 Å². The molecule has 1 saturated heterocycles. The number of alkyl halides is 1. The number of fused-ring (bicyclic) bond motifs is 1. The number of nitrogens with one attached hydrogen (secondary N) is 1. The molecule has 1 aromatic heterocycles. The third kappa shape index (κ3) is 5.24. The predicted molar refractivity (Wildman–Crippen MR) is 103 cm³/mol. The van der Waals surface area contributed by atoms with Crippen molar-refractivity contribution in [2.75, 3.05) is 32.9 Å². The standard InChI is InChI=1S/C21H28FN3O/c22-9-2-12-25-13-7-17(8-14-25)5-11-24-21(26)15-18-3-1-4-19-16-23-10-6-20(18)19/h1,3-4,6,10,16-17H,2,5,7-9,11-15H2,(H,24,26). The van der Waals surface area contributed by atoms with Gasteiger partial charge in [-0.15, -0.1) is 0 Å². The Morgan fingerprint density at radius 3 is 2.92 bits per heavy atom. The summed E-state index contributed by atoms with van der Waals surface area (Å²) in [5, 5.41) is 5.23. The lowest BCUT2D eigenvalue weighted by atomic mass is 9.93. The van der Waals surface area contributed by atoms with Crippen LogP contribution in [-0.4, -0.2) is 48.6 Å². The molecule has 140 valence electrons. The van der Waals surface area contributed by atoms with Crippen molar-refractivity contribution >= 4 is 16.7 Å². The normalized spacial score (nSPS) is 16.0. The molecule has 0 unspecified atom stereocenters. The number of hydrogen-bond acceptors (Lipinski definition) is 3. The summed E-state index contributed by atoms with van der Waals surface area (Å²) in [4.78, 5) is 18.8. The SMILES string of the molecule is O=C(Cc1cccc2cnccc12)NCCC1CCN(CCCF)CC1. The molecule has 1 aliphatic heterocycles. The highest BCUT2D eigenvalue weighted by molar-refractivity contribution is 5.89. The van der Waals surface area contributed by atoms with Gasteiger partial charge in [0.1, 0.15) is 0 Å². The topological polar surface area (TPSA) is 45.2 Å². The highest BCUT2D eigenvalue weighted by atomic mass is 19.1. The van der Waals surface area contributed by atoms with Crippen molar-refractivity contribution in [3.05, 3.63) is 42.2 Å². The first-order valence-electron chi connectivity index (χ1n) is 9.63. The highest BCUT2D eigenvalue weighted by Crippen LogP contribution is 2.20. The molecule has 0 saturated carbocycles. The number of benzene rings is 1. The maximum atomic E-state index is 12.3. The van der Waals surface area contributed by atoms with Crippen molar-refractivity contribution in [3.63, 3.8) is 0 Å². The molecule has 1 fully saturated rings. The number of pyridine rings is 1. The van der Waals surface area contributed by atoms with Gasteiger partial charge in [-0.05, 0) is 61.7 Å². The molecule has 0 atom stereocenters. The maximum absolute atomic E-state index is 12.3. The number of piperidine rings is 1. The van der Waals surface area contributed by atoms with E-state index in [2.05, 4.69) is 15.2 Å². The number of nitrogens with zero attached hydrogens (tertiary/aromatic N) is 2. The Hall–Kier alpha value is -2.01. The Labute approximate surface area is 154 Å². The summed E-state index contributed by atoms with van der Waals surface area (Å²) in [6.07, 6.45) is 7.98. The van der Waals surface area contributed by atoms with Crippen LogP contribution in [0.2, 0.25) is 0 Å². The first-order valence-corrected chi connectivity index (χ1v) is 9.63. The Morgan fingerprint density at radius 2 is 2.12 bits per heavy atom. The summed E-state index contributed by atoms with van der Waals surface area (Å²) in [7, 11) is 0.